The largest absolute Gasteiger partial charge is 0.459 e. The van der Waals surface area contributed by atoms with Gasteiger partial charge in [0, 0.05) is 18.6 Å². The van der Waals surface area contributed by atoms with Gasteiger partial charge in [-0.1, -0.05) is 13.8 Å². The van der Waals surface area contributed by atoms with Gasteiger partial charge in [-0.2, -0.15) is 0 Å². The molecule has 0 spiro atoms. The van der Waals surface area contributed by atoms with E-state index in [4.69, 9.17) is 14.0 Å². The van der Waals surface area contributed by atoms with Gasteiger partial charge in [-0.05, 0) is 40.9 Å². The first-order valence-electron chi connectivity index (χ1n) is 7.19. The molecule has 0 aromatic heterocycles. The number of hydrogen-bond donors (Lipinski definition) is 1. The van der Waals surface area contributed by atoms with Gasteiger partial charge in [-0.15, -0.1) is 0 Å². The van der Waals surface area contributed by atoms with Crippen molar-refractivity contribution in [3.05, 3.63) is 0 Å². The number of amides is 1. The van der Waals surface area contributed by atoms with Crippen molar-refractivity contribution in [3.63, 3.8) is 0 Å². The lowest BCUT2D eigenvalue weighted by Gasteiger charge is -2.47. The van der Waals surface area contributed by atoms with Crippen molar-refractivity contribution in [2.45, 2.75) is 66.0 Å². The first-order valence-corrected chi connectivity index (χ1v) is 7.19. The van der Waals surface area contributed by atoms with Crippen LogP contribution in [0, 0.1) is 5.41 Å². The summed E-state index contributed by atoms with van der Waals surface area (Å²) >= 11 is 0. The van der Waals surface area contributed by atoms with Crippen LogP contribution in [0.2, 0.25) is 6.32 Å². The van der Waals surface area contributed by atoms with Crippen molar-refractivity contribution in [2.75, 3.05) is 13.2 Å². The molecule has 0 unspecified atom stereocenters. The minimum Gasteiger partial charge on any atom is -0.444 e. The van der Waals surface area contributed by atoms with E-state index in [1.807, 2.05) is 20.8 Å². The van der Waals surface area contributed by atoms with E-state index in [-0.39, 0.29) is 18.1 Å². The fourth-order valence-corrected chi connectivity index (χ4v) is 1.75. The fraction of sp³-hybridized carbons (Fsp3) is 0.929. The van der Waals surface area contributed by atoms with Gasteiger partial charge in [-0.3, -0.25) is 0 Å². The normalized spacial score (nSPS) is 21.4. The molecule has 1 amide bonds. The van der Waals surface area contributed by atoms with Crippen molar-refractivity contribution in [2.24, 2.45) is 5.41 Å². The Labute approximate surface area is 122 Å². The zero-order valence-corrected chi connectivity index (χ0v) is 13.8. The SMILES string of the molecule is CC(C)(C)OC(=O)NCCB1OCC(C)(C)C(C)(C)O1. The molecule has 20 heavy (non-hydrogen) atoms. The van der Waals surface area contributed by atoms with Gasteiger partial charge in [0.05, 0.1) is 5.60 Å². The third-order valence-corrected chi connectivity index (χ3v) is 3.73. The van der Waals surface area contributed by atoms with Gasteiger partial charge in [0.15, 0.2) is 0 Å². The molecule has 0 atom stereocenters. The summed E-state index contributed by atoms with van der Waals surface area (Å²) in [5.74, 6) is 0. The summed E-state index contributed by atoms with van der Waals surface area (Å²) in [5, 5.41) is 2.71. The summed E-state index contributed by atoms with van der Waals surface area (Å²) in [4.78, 5) is 11.5. The lowest BCUT2D eigenvalue weighted by molar-refractivity contribution is -0.0977. The molecule has 5 nitrogen and oxygen atoms in total. The van der Waals surface area contributed by atoms with Crippen molar-refractivity contribution in [1.82, 2.24) is 5.32 Å². The number of nitrogens with one attached hydrogen (secondary N) is 1. The highest BCUT2D eigenvalue weighted by Gasteiger charge is 2.45. The summed E-state index contributed by atoms with van der Waals surface area (Å²) in [6.45, 7) is 15.0. The predicted octanol–water partition coefficient (Wildman–Crippen LogP) is 2.85. The average molecular weight is 285 g/mol. The van der Waals surface area contributed by atoms with Crippen LogP contribution in [-0.2, 0) is 14.0 Å². The van der Waals surface area contributed by atoms with Crippen molar-refractivity contribution >= 4 is 13.2 Å². The third-order valence-electron chi connectivity index (χ3n) is 3.73. The van der Waals surface area contributed by atoms with E-state index in [1.54, 1.807) is 0 Å². The van der Waals surface area contributed by atoms with E-state index in [0.29, 0.717) is 19.5 Å². The molecule has 1 N–H and O–H groups in total. The number of carbonyl (C=O) groups is 1. The molecule has 1 rings (SSSR count). The van der Waals surface area contributed by atoms with Crippen molar-refractivity contribution < 1.29 is 18.8 Å². The van der Waals surface area contributed by atoms with E-state index < -0.39 is 11.7 Å². The van der Waals surface area contributed by atoms with Crippen LogP contribution in [0.4, 0.5) is 4.79 Å². The molecule has 0 bridgehead atoms. The number of alkyl carbamates (subject to hydrolysis) is 1. The lowest BCUT2D eigenvalue weighted by Crippen LogP contribution is -2.55. The Kier molecular flexibility index (Phi) is 5.14. The smallest absolute Gasteiger partial charge is 0.444 e. The van der Waals surface area contributed by atoms with Crippen LogP contribution in [0.1, 0.15) is 48.5 Å². The molecule has 1 aliphatic rings. The van der Waals surface area contributed by atoms with Crippen LogP contribution in [-0.4, -0.2) is 37.6 Å². The molecular weight excluding hydrogens is 257 g/mol. The van der Waals surface area contributed by atoms with E-state index in [1.165, 1.54) is 0 Å². The second-order valence-electron chi connectivity index (χ2n) is 7.47. The summed E-state index contributed by atoms with van der Waals surface area (Å²) < 4.78 is 16.8. The fourth-order valence-electron chi connectivity index (χ4n) is 1.75. The molecule has 0 aromatic rings. The average Bonchev–Trinajstić information content (AvgIpc) is 2.20. The predicted molar refractivity (Wildman–Crippen MR) is 79.7 cm³/mol. The Balaban J connectivity index is 2.32. The van der Waals surface area contributed by atoms with Crippen LogP contribution in [0.5, 0.6) is 0 Å². The molecule has 1 fully saturated rings. The zero-order chi connectivity index (χ0) is 15.6. The van der Waals surface area contributed by atoms with Crippen molar-refractivity contribution in [3.8, 4) is 0 Å². The molecule has 6 heteroatoms. The molecule has 1 saturated heterocycles. The van der Waals surface area contributed by atoms with Crippen LogP contribution < -0.4 is 5.32 Å². The first-order chi connectivity index (χ1) is 8.93. The van der Waals surface area contributed by atoms with E-state index >= 15 is 0 Å². The van der Waals surface area contributed by atoms with E-state index in [2.05, 4.69) is 33.0 Å². The number of rotatable bonds is 3. The highest BCUT2D eigenvalue weighted by molar-refractivity contribution is 6.44. The topological polar surface area (TPSA) is 56.8 Å². The molecular formula is C14H28BNO4. The Bertz CT molecular complexity index is 350. The van der Waals surface area contributed by atoms with E-state index in [0.717, 1.165) is 0 Å². The van der Waals surface area contributed by atoms with E-state index in [9.17, 15) is 4.79 Å². The Hall–Kier alpha value is -0.745. The minimum absolute atomic E-state index is 0.0257. The zero-order valence-electron chi connectivity index (χ0n) is 13.8. The Morgan fingerprint density at radius 2 is 1.90 bits per heavy atom. The first kappa shape index (κ1) is 17.3. The van der Waals surface area contributed by atoms with Gasteiger partial charge in [0.1, 0.15) is 5.60 Å². The van der Waals surface area contributed by atoms with Gasteiger partial charge in [0.2, 0.25) is 0 Å². The number of hydrogen-bond acceptors (Lipinski definition) is 4. The van der Waals surface area contributed by atoms with Gasteiger partial charge >= 0.3 is 13.2 Å². The second kappa shape index (κ2) is 5.94. The summed E-state index contributed by atoms with van der Waals surface area (Å²) in [7, 11) is -0.284. The molecule has 0 saturated carbocycles. The number of carbonyl (C=O) groups excluding carboxylic acids is 1. The maximum absolute atomic E-state index is 11.5. The molecule has 0 aliphatic carbocycles. The maximum atomic E-state index is 11.5. The molecule has 116 valence electrons. The number of ether oxygens (including phenoxy) is 1. The quantitative estimate of drug-likeness (QED) is 0.810. The molecule has 0 aromatic carbocycles. The summed E-state index contributed by atoms with van der Waals surface area (Å²) in [5.41, 5.74) is -0.752. The van der Waals surface area contributed by atoms with Crippen LogP contribution >= 0.6 is 0 Å². The standard InChI is InChI=1S/C14H28BNO4/c1-12(2,3)19-11(17)16-9-8-15-18-10-13(4,5)14(6,7)20-15/h8-10H2,1-7H3,(H,16,17). The molecule has 0 radical (unpaired) electrons. The minimum atomic E-state index is -0.478. The third kappa shape index (κ3) is 4.98. The summed E-state index contributed by atoms with van der Waals surface area (Å²) in [6.07, 6.45) is 0.201. The summed E-state index contributed by atoms with van der Waals surface area (Å²) in [6, 6.07) is 0. The Morgan fingerprint density at radius 1 is 1.30 bits per heavy atom. The Morgan fingerprint density at radius 3 is 2.40 bits per heavy atom. The molecule has 1 aliphatic heterocycles. The molecule has 1 heterocycles. The second-order valence-corrected chi connectivity index (χ2v) is 7.47. The van der Waals surface area contributed by atoms with Crippen LogP contribution in [0.3, 0.4) is 0 Å². The van der Waals surface area contributed by atoms with Crippen LogP contribution in [0.25, 0.3) is 0 Å². The lowest BCUT2D eigenvalue weighted by atomic mass is 9.71. The van der Waals surface area contributed by atoms with Crippen LogP contribution in [0.15, 0.2) is 0 Å². The van der Waals surface area contributed by atoms with Gasteiger partial charge < -0.3 is 19.4 Å². The van der Waals surface area contributed by atoms with Crippen molar-refractivity contribution in [1.29, 1.82) is 0 Å². The highest BCUT2D eigenvalue weighted by atomic mass is 16.6. The monoisotopic (exact) mass is 285 g/mol. The highest BCUT2D eigenvalue weighted by Crippen LogP contribution is 2.38. The maximum Gasteiger partial charge on any atom is 0.459 e. The van der Waals surface area contributed by atoms with Gasteiger partial charge in [-0.25, -0.2) is 4.79 Å². The van der Waals surface area contributed by atoms with Gasteiger partial charge in [0.25, 0.3) is 0 Å².